The predicted octanol–water partition coefficient (Wildman–Crippen LogP) is 1.56. The van der Waals surface area contributed by atoms with Crippen LogP contribution in [-0.2, 0) is 18.3 Å². The fraction of sp³-hybridized carbons (Fsp3) is 0.500. The van der Waals surface area contributed by atoms with E-state index < -0.39 is 0 Å². The van der Waals surface area contributed by atoms with Crippen molar-refractivity contribution in [3.05, 3.63) is 17.0 Å². The molecule has 0 aliphatic heterocycles. The van der Waals surface area contributed by atoms with Gasteiger partial charge in [0, 0.05) is 37.6 Å². The highest BCUT2D eigenvalue weighted by Crippen LogP contribution is 2.13. The minimum absolute atomic E-state index is 0.187. The summed E-state index contributed by atoms with van der Waals surface area (Å²) in [5, 5.41) is 4.27. The monoisotopic (exact) mass is 204 g/mol. The zero-order valence-electron chi connectivity index (χ0n) is 9.50. The van der Waals surface area contributed by atoms with Crippen LogP contribution in [0.25, 0.3) is 0 Å². The number of nitrogens with zero attached hydrogens (tertiary/aromatic N) is 2. The number of hydrogen-bond donors (Lipinski definition) is 0. The molecule has 0 radical (unpaired) electrons. The van der Waals surface area contributed by atoms with Crippen molar-refractivity contribution >= 4 is 5.78 Å². The number of carbonyl (C=O) groups excluding carboxylic acids is 1. The maximum Gasteiger partial charge on any atom is 0.138 e. The van der Waals surface area contributed by atoms with Crippen LogP contribution in [-0.4, -0.2) is 15.6 Å². The molecule has 0 fully saturated rings. The number of ketones is 1. The molecule has 0 N–H and O–H groups in total. The van der Waals surface area contributed by atoms with Crippen LogP contribution in [0, 0.1) is 26.2 Å². The SMILES string of the molecule is C#CCCC(=O)Cc1c(C)nn(C)c1C. The van der Waals surface area contributed by atoms with Gasteiger partial charge in [0.15, 0.2) is 0 Å². The number of terminal acetylenes is 1. The standard InChI is InChI=1S/C12H16N2O/c1-5-6-7-11(15)8-12-9(2)13-14(4)10(12)3/h1H,6-8H2,2-4H3. The lowest BCUT2D eigenvalue weighted by Gasteiger charge is -2.00. The second kappa shape index (κ2) is 4.79. The molecule has 0 aliphatic carbocycles. The van der Waals surface area contributed by atoms with Crippen molar-refractivity contribution in [2.45, 2.75) is 33.1 Å². The zero-order valence-corrected chi connectivity index (χ0v) is 9.50. The molecule has 15 heavy (non-hydrogen) atoms. The van der Waals surface area contributed by atoms with Gasteiger partial charge in [0.1, 0.15) is 5.78 Å². The van der Waals surface area contributed by atoms with Crippen molar-refractivity contribution in [3.8, 4) is 12.3 Å². The maximum absolute atomic E-state index is 11.6. The number of hydrogen-bond acceptors (Lipinski definition) is 2. The molecule has 1 aromatic heterocycles. The van der Waals surface area contributed by atoms with E-state index >= 15 is 0 Å². The van der Waals surface area contributed by atoms with Gasteiger partial charge in [-0.05, 0) is 13.8 Å². The van der Waals surface area contributed by atoms with Crippen LogP contribution >= 0.6 is 0 Å². The van der Waals surface area contributed by atoms with Crippen LogP contribution < -0.4 is 0 Å². The van der Waals surface area contributed by atoms with Crippen LogP contribution in [0.3, 0.4) is 0 Å². The van der Waals surface area contributed by atoms with Crippen molar-refractivity contribution in [3.63, 3.8) is 0 Å². The average molecular weight is 204 g/mol. The molecule has 0 atom stereocenters. The Morgan fingerprint density at radius 3 is 2.67 bits per heavy atom. The molecule has 0 saturated carbocycles. The molecule has 0 spiro atoms. The van der Waals surface area contributed by atoms with E-state index in [-0.39, 0.29) is 5.78 Å². The first-order valence-corrected chi connectivity index (χ1v) is 5.00. The van der Waals surface area contributed by atoms with Gasteiger partial charge in [0.05, 0.1) is 5.69 Å². The Morgan fingerprint density at radius 2 is 2.20 bits per heavy atom. The molecule has 0 aromatic carbocycles. The predicted molar refractivity (Wildman–Crippen MR) is 59.5 cm³/mol. The Bertz CT molecular complexity index is 410. The summed E-state index contributed by atoms with van der Waals surface area (Å²) in [7, 11) is 1.89. The summed E-state index contributed by atoms with van der Waals surface area (Å²) in [6, 6.07) is 0. The molecule has 0 bridgehead atoms. The molecule has 0 aliphatic rings. The van der Waals surface area contributed by atoms with E-state index in [1.165, 1.54) is 0 Å². The summed E-state index contributed by atoms with van der Waals surface area (Å²) >= 11 is 0. The lowest BCUT2D eigenvalue weighted by Crippen LogP contribution is -2.04. The van der Waals surface area contributed by atoms with Crippen molar-refractivity contribution < 1.29 is 4.79 Å². The van der Waals surface area contributed by atoms with E-state index in [0.29, 0.717) is 19.3 Å². The molecule has 1 heterocycles. The van der Waals surface area contributed by atoms with Gasteiger partial charge in [0.25, 0.3) is 0 Å². The van der Waals surface area contributed by atoms with Gasteiger partial charge in [-0.1, -0.05) is 0 Å². The van der Waals surface area contributed by atoms with E-state index in [0.717, 1.165) is 17.0 Å². The van der Waals surface area contributed by atoms with Crippen molar-refractivity contribution in [2.24, 2.45) is 7.05 Å². The Morgan fingerprint density at radius 1 is 1.53 bits per heavy atom. The topological polar surface area (TPSA) is 34.9 Å². The quantitative estimate of drug-likeness (QED) is 0.698. The third kappa shape index (κ3) is 2.69. The Kier molecular flexibility index (Phi) is 3.68. The van der Waals surface area contributed by atoms with Crippen LogP contribution in [0.2, 0.25) is 0 Å². The lowest BCUT2D eigenvalue weighted by atomic mass is 10.0. The van der Waals surface area contributed by atoms with Crippen molar-refractivity contribution in [1.82, 2.24) is 9.78 Å². The molecule has 1 aromatic rings. The van der Waals surface area contributed by atoms with Crippen LogP contribution in [0.1, 0.15) is 29.8 Å². The second-order valence-electron chi connectivity index (χ2n) is 3.69. The Balaban J connectivity index is 2.73. The first-order valence-electron chi connectivity index (χ1n) is 5.00. The molecule has 0 unspecified atom stereocenters. The molecule has 0 amide bonds. The fourth-order valence-electron chi connectivity index (χ4n) is 1.57. The van der Waals surface area contributed by atoms with Crippen LogP contribution in [0.5, 0.6) is 0 Å². The van der Waals surface area contributed by atoms with Crippen LogP contribution in [0.4, 0.5) is 0 Å². The van der Waals surface area contributed by atoms with Gasteiger partial charge < -0.3 is 0 Å². The zero-order chi connectivity index (χ0) is 11.4. The highest BCUT2D eigenvalue weighted by Gasteiger charge is 2.12. The molecule has 3 nitrogen and oxygen atoms in total. The summed E-state index contributed by atoms with van der Waals surface area (Å²) in [6.45, 7) is 3.90. The Hall–Kier alpha value is -1.56. The third-order valence-electron chi connectivity index (χ3n) is 2.58. The van der Waals surface area contributed by atoms with Gasteiger partial charge in [-0.3, -0.25) is 9.48 Å². The molecule has 3 heteroatoms. The fourth-order valence-corrected chi connectivity index (χ4v) is 1.57. The second-order valence-corrected chi connectivity index (χ2v) is 3.69. The third-order valence-corrected chi connectivity index (χ3v) is 2.58. The van der Waals surface area contributed by atoms with E-state index in [9.17, 15) is 4.79 Å². The van der Waals surface area contributed by atoms with Crippen molar-refractivity contribution in [1.29, 1.82) is 0 Å². The van der Waals surface area contributed by atoms with Crippen LogP contribution in [0.15, 0.2) is 0 Å². The molecule has 80 valence electrons. The largest absolute Gasteiger partial charge is 0.299 e. The molecular weight excluding hydrogens is 188 g/mol. The van der Waals surface area contributed by atoms with E-state index in [2.05, 4.69) is 11.0 Å². The van der Waals surface area contributed by atoms with Crippen molar-refractivity contribution in [2.75, 3.05) is 0 Å². The normalized spacial score (nSPS) is 10.0. The summed E-state index contributed by atoms with van der Waals surface area (Å²) in [5.41, 5.74) is 3.03. The average Bonchev–Trinajstić information content (AvgIpc) is 2.42. The number of rotatable bonds is 4. The molecular formula is C12H16N2O. The maximum atomic E-state index is 11.6. The number of aromatic nitrogens is 2. The molecule has 0 saturated heterocycles. The number of carbonyl (C=O) groups is 1. The minimum atomic E-state index is 0.187. The highest BCUT2D eigenvalue weighted by molar-refractivity contribution is 5.81. The van der Waals surface area contributed by atoms with E-state index in [4.69, 9.17) is 6.42 Å². The van der Waals surface area contributed by atoms with Gasteiger partial charge in [0.2, 0.25) is 0 Å². The first-order chi connectivity index (χ1) is 7.06. The van der Waals surface area contributed by atoms with Gasteiger partial charge >= 0.3 is 0 Å². The summed E-state index contributed by atoms with van der Waals surface area (Å²) < 4.78 is 1.80. The summed E-state index contributed by atoms with van der Waals surface area (Å²) in [6.07, 6.45) is 6.55. The number of aryl methyl sites for hydroxylation is 2. The number of Topliss-reactive ketones (excluding diaryl/α,β-unsaturated/α-hetero) is 1. The van der Waals surface area contributed by atoms with Gasteiger partial charge in [-0.2, -0.15) is 5.10 Å². The van der Waals surface area contributed by atoms with Gasteiger partial charge in [-0.25, -0.2) is 0 Å². The first kappa shape index (κ1) is 11.5. The highest BCUT2D eigenvalue weighted by atomic mass is 16.1. The Labute approximate surface area is 90.5 Å². The minimum Gasteiger partial charge on any atom is -0.299 e. The van der Waals surface area contributed by atoms with Gasteiger partial charge in [-0.15, -0.1) is 12.3 Å². The van der Waals surface area contributed by atoms with E-state index in [1.54, 1.807) is 4.68 Å². The summed E-state index contributed by atoms with van der Waals surface area (Å²) in [5.74, 6) is 2.66. The lowest BCUT2D eigenvalue weighted by molar-refractivity contribution is -0.118. The van der Waals surface area contributed by atoms with E-state index in [1.807, 2.05) is 20.9 Å². The summed E-state index contributed by atoms with van der Waals surface area (Å²) in [4.78, 5) is 11.6. The molecule has 1 rings (SSSR count). The smallest absolute Gasteiger partial charge is 0.138 e.